The molecule has 0 atom stereocenters. The van der Waals surface area contributed by atoms with E-state index in [2.05, 4.69) is 15.1 Å². The van der Waals surface area contributed by atoms with Crippen LogP contribution < -0.4 is 5.73 Å². The Labute approximate surface area is 88.0 Å². The van der Waals surface area contributed by atoms with Gasteiger partial charge in [0, 0.05) is 12.4 Å². The molecule has 0 radical (unpaired) electrons. The molecule has 0 amide bonds. The van der Waals surface area contributed by atoms with Crippen molar-refractivity contribution in [3.63, 3.8) is 0 Å². The number of aryl methyl sites for hydroxylation is 1. The number of nitrogens with two attached hydrogens (primary N) is 1. The molecule has 15 heavy (non-hydrogen) atoms. The molecular weight excluding hydrogens is 190 g/mol. The predicted octanol–water partition coefficient (Wildman–Crippen LogP) is 0.920. The summed E-state index contributed by atoms with van der Waals surface area (Å²) in [5, 5.41) is 4.18. The second-order valence-electron chi connectivity index (χ2n) is 3.43. The molecule has 0 bridgehead atoms. The van der Waals surface area contributed by atoms with Gasteiger partial charge in [0.2, 0.25) is 0 Å². The van der Waals surface area contributed by atoms with Crippen LogP contribution in [0.5, 0.6) is 0 Å². The van der Waals surface area contributed by atoms with Crippen LogP contribution >= 0.6 is 0 Å². The summed E-state index contributed by atoms with van der Waals surface area (Å²) in [4.78, 5) is 8.44. The van der Waals surface area contributed by atoms with Gasteiger partial charge in [-0.15, -0.1) is 0 Å². The maximum atomic E-state index is 5.71. The van der Waals surface area contributed by atoms with Crippen molar-refractivity contribution in [1.82, 2.24) is 19.7 Å². The number of hydrogen-bond donors (Lipinski definition) is 1. The Morgan fingerprint density at radius 1 is 1.27 bits per heavy atom. The summed E-state index contributed by atoms with van der Waals surface area (Å²) in [5.41, 5.74) is 9.22. The Kier molecular flexibility index (Phi) is 2.37. The lowest BCUT2D eigenvalue weighted by Gasteiger charge is -2.05. The van der Waals surface area contributed by atoms with E-state index in [-0.39, 0.29) is 0 Å². The SMILES string of the molecule is Cc1nccnc1Cn1ncc(N)c1C. The molecule has 78 valence electrons. The van der Waals surface area contributed by atoms with Gasteiger partial charge in [0.15, 0.2) is 0 Å². The fraction of sp³-hybridized carbons (Fsp3) is 0.300. The first-order valence-electron chi connectivity index (χ1n) is 4.73. The maximum absolute atomic E-state index is 5.71. The highest BCUT2D eigenvalue weighted by Gasteiger charge is 2.06. The molecule has 0 spiro atoms. The zero-order chi connectivity index (χ0) is 10.8. The van der Waals surface area contributed by atoms with Crippen molar-refractivity contribution < 1.29 is 0 Å². The average molecular weight is 203 g/mol. The van der Waals surface area contributed by atoms with Gasteiger partial charge in [0.1, 0.15) is 0 Å². The summed E-state index contributed by atoms with van der Waals surface area (Å²) in [5.74, 6) is 0. The van der Waals surface area contributed by atoms with E-state index in [0.717, 1.165) is 17.1 Å². The van der Waals surface area contributed by atoms with Crippen LogP contribution in [0.25, 0.3) is 0 Å². The molecule has 5 nitrogen and oxygen atoms in total. The molecule has 0 fully saturated rings. The first kappa shape index (κ1) is 9.64. The fourth-order valence-corrected chi connectivity index (χ4v) is 1.35. The van der Waals surface area contributed by atoms with Crippen molar-refractivity contribution in [2.45, 2.75) is 20.4 Å². The Morgan fingerprint density at radius 3 is 2.60 bits per heavy atom. The minimum atomic E-state index is 0.614. The van der Waals surface area contributed by atoms with Crippen molar-refractivity contribution in [1.29, 1.82) is 0 Å². The lowest BCUT2D eigenvalue weighted by Crippen LogP contribution is -2.08. The molecule has 0 aliphatic rings. The topological polar surface area (TPSA) is 69.6 Å². The van der Waals surface area contributed by atoms with Crippen LogP contribution in [-0.2, 0) is 6.54 Å². The van der Waals surface area contributed by atoms with Crippen molar-refractivity contribution >= 4 is 5.69 Å². The smallest absolute Gasteiger partial charge is 0.0853 e. The van der Waals surface area contributed by atoms with Gasteiger partial charge < -0.3 is 5.73 Å². The standard InChI is InChI=1S/C10H13N5/c1-7-10(13-4-3-12-7)6-15-8(2)9(11)5-14-15/h3-5H,6,11H2,1-2H3. The van der Waals surface area contributed by atoms with Gasteiger partial charge in [0.25, 0.3) is 0 Å². The molecule has 2 heterocycles. The largest absolute Gasteiger partial charge is 0.396 e. The monoisotopic (exact) mass is 203 g/mol. The molecule has 0 aliphatic carbocycles. The molecule has 2 aromatic heterocycles. The van der Waals surface area contributed by atoms with Gasteiger partial charge in [0.05, 0.1) is 35.5 Å². The Hall–Kier alpha value is -1.91. The molecule has 0 aliphatic heterocycles. The highest BCUT2D eigenvalue weighted by molar-refractivity contribution is 5.39. The highest BCUT2D eigenvalue weighted by Crippen LogP contribution is 2.10. The van der Waals surface area contributed by atoms with Crippen LogP contribution in [0, 0.1) is 13.8 Å². The number of hydrogen-bond acceptors (Lipinski definition) is 4. The lowest BCUT2D eigenvalue weighted by molar-refractivity contribution is 0.646. The zero-order valence-corrected chi connectivity index (χ0v) is 8.81. The van der Waals surface area contributed by atoms with Crippen LogP contribution in [0.3, 0.4) is 0 Å². The summed E-state index contributed by atoms with van der Waals surface area (Å²) >= 11 is 0. The Morgan fingerprint density at radius 2 is 2.00 bits per heavy atom. The highest BCUT2D eigenvalue weighted by atomic mass is 15.3. The third kappa shape index (κ3) is 1.81. The second kappa shape index (κ2) is 3.68. The summed E-state index contributed by atoms with van der Waals surface area (Å²) in [7, 11) is 0. The van der Waals surface area contributed by atoms with Crippen molar-refractivity contribution in [2.24, 2.45) is 0 Å². The molecule has 0 unspecified atom stereocenters. The van der Waals surface area contributed by atoms with Crippen molar-refractivity contribution in [2.75, 3.05) is 5.73 Å². The summed E-state index contributed by atoms with van der Waals surface area (Å²) in [6, 6.07) is 0. The number of anilines is 1. The first-order valence-corrected chi connectivity index (χ1v) is 4.73. The van der Waals surface area contributed by atoms with E-state index in [9.17, 15) is 0 Å². The van der Waals surface area contributed by atoms with Crippen LogP contribution in [0.1, 0.15) is 17.1 Å². The summed E-state index contributed by atoms with van der Waals surface area (Å²) < 4.78 is 1.83. The molecule has 2 N–H and O–H groups in total. The minimum Gasteiger partial charge on any atom is -0.396 e. The van der Waals surface area contributed by atoms with E-state index in [1.807, 2.05) is 18.5 Å². The first-order chi connectivity index (χ1) is 7.18. The van der Waals surface area contributed by atoms with Gasteiger partial charge >= 0.3 is 0 Å². The van der Waals surface area contributed by atoms with Crippen LogP contribution in [0.15, 0.2) is 18.6 Å². The number of rotatable bonds is 2. The van der Waals surface area contributed by atoms with Crippen molar-refractivity contribution in [3.05, 3.63) is 35.7 Å². The van der Waals surface area contributed by atoms with E-state index < -0.39 is 0 Å². The Balaban J connectivity index is 2.30. The normalized spacial score (nSPS) is 10.5. The molecule has 0 aromatic carbocycles. The van der Waals surface area contributed by atoms with E-state index in [0.29, 0.717) is 12.2 Å². The average Bonchev–Trinajstić information content (AvgIpc) is 2.53. The van der Waals surface area contributed by atoms with Gasteiger partial charge in [-0.05, 0) is 13.8 Å². The molecule has 0 saturated heterocycles. The number of aromatic nitrogens is 4. The number of nitrogens with zero attached hydrogens (tertiary/aromatic N) is 4. The van der Waals surface area contributed by atoms with Gasteiger partial charge in [-0.25, -0.2) is 0 Å². The third-order valence-electron chi connectivity index (χ3n) is 2.42. The zero-order valence-electron chi connectivity index (χ0n) is 8.81. The number of nitrogen functional groups attached to an aromatic ring is 1. The van der Waals surface area contributed by atoms with E-state index in [4.69, 9.17) is 5.73 Å². The molecule has 2 aromatic rings. The molecular formula is C10H13N5. The van der Waals surface area contributed by atoms with E-state index in [1.165, 1.54) is 0 Å². The van der Waals surface area contributed by atoms with E-state index in [1.54, 1.807) is 18.6 Å². The third-order valence-corrected chi connectivity index (χ3v) is 2.42. The van der Waals surface area contributed by atoms with Gasteiger partial charge in [-0.3, -0.25) is 14.6 Å². The van der Waals surface area contributed by atoms with Crippen LogP contribution in [0.2, 0.25) is 0 Å². The van der Waals surface area contributed by atoms with Crippen LogP contribution in [-0.4, -0.2) is 19.7 Å². The minimum absolute atomic E-state index is 0.614. The van der Waals surface area contributed by atoms with Crippen LogP contribution in [0.4, 0.5) is 5.69 Å². The van der Waals surface area contributed by atoms with E-state index >= 15 is 0 Å². The summed E-state index contributed by atoms with van der Waals surface area (Å²) in [6.07, 6.45) is 5.02. The molecule has 2 rings (SSSR count). The lowest BCUT2D eigenvalue weighted by atomic mass is 10.3. The van der Waals surface area contributed by atoms with Gasteiger partial charge in [-0.1, -0.05) is 0 Å². The molecule has 0 saturated carbocycles. The van der Waals surface area contributed by atoms with Gasteiger partial charge in [-0.2, -0.15) is 5.10 Å². The quantitative estimate of drug-likeness (QED) is 0.788. The summed E-state index contributed by atoms with van der Waals surface area (Å²) in [6.45, 7) is 4.49. The predicted molar refractivity (Wildman–Crippen MR) is 57.2 cm³/mol. The Bertz CT molecular complexity index is 474. The second-order valence-corrected chi connectivity index (χ2v) is 3.43. The van der Waals surface area contributed by atoms with Crippen molar-refractivity contribution in [3.8, 4) is 0 Å². The molecule has 5 heteroatoms. The fourth-order valence-electron chi connectivity index (χ4n) is 1.35. The maximum Gasteiger partial charge on any atom is 0.0853 e.